The van der Waals surface area contributed by atoms with Gasteiger partial charge in [-0.05, 0) is 42.0 Å². The van der Waals surface area contributed by atoms with E-state index >= 15 is 0 Å². The van der Waals surface area contributed by atoms with Gasteiger partial charge < -0.3 is 15.0 Å². The van der Waals surface area contributed by atoms with Crippen LogP contribution in [-0.4, -0.2) is 23.3 Å². The molecule has 0 spiro atoms. The van der Waals surface area contributed by atoms with Gasteiger partial charge in [0.15, 0.2) is 11.6 Å². The van der Waals surface area contributed by atoms with Crippen molar-refractivity contribution >= 4 is 23.4 Å². The number of carbonyl (C=O) groups excluding carboxylic acids is 1. The molecule has 2 aromatic rings. The third-order valence-electron chi connectivity index (χ3n) is 7.09. The molecule has 1 amide bonds. The molecular formula is C33H47FN2O2S. The van der Waals surface area contributed by atoms with Gasteiger partial charge in [0.25, 0.3) is 0 Å². The van der Waals surface area contributed by atoms with Gasteiger partial charge >= 0.3 is 0 Å². The number of para-hydroxylation sites is 1. The summed E-state index contributed by atoms with van der Waals surface area (Å²) in [6, 6.07) is 12.7. The molecule has 1 aliphatic heterocycles. The summed E-state index contributed by atoms with van der Waals surface area (Å²) < 4.78 is 20.4. The van der Waals surface area contributed by atoms with Crippen LogP contribution in [0.1, 0.15) is 102 Å². The predicted octanol–water partition coefficient (Wildman–Crippen LogP) is 9.45. The number of thioether (sulfide) groups is 1. The van der Waals surface area contributed by atoms with Gasteiger partial charge in [-0.25, -0.2) is 4.39 Å². The summed E-state index contributed by atoms with van der Waals surface area (Å²) in [5, 5.41) is 2.94. The second-order valence-electron chi connectivity index (χ2n) is 10.6. The first-order valence-electron chi connectivity index (χ1n) is 14.9. The van der Waals surface area contributed by atoms with E-state index in [0.717, 1.165) is 31.0 Å². The Balaban J connectivity index is 1.33. The number of halogens is 1. The molecule has 0 fully saturated rings. The number of nitrogens with one attached hydrogen (secondary N) is 1. The fourth-order valence-corrected chi connectivity index (χ4v) is 5.64. The van der Waals surface area contributed by atoms with Crippen molar-refractivity contribution in [2.45, 2.75) is 104 Å². The highest BCUT2D eigenvalue weighted by Crippen LogP contribution is 2.27. The molecule has 6 heteroatoms. The molecule has 0 saturated heterocycles. The average molecular weight is 555 g/mol. The summed E-state index contributed by atoms with van der Waals surface area (Å²) in [6.45, 7) is 5.70. The zero-order chi connectivity index (χ0) is 27.7. The molecule has 214 valence electrons. The Bertz CT molecular complexity index is 1020. The van der Waals surface area contributed by atoms with E-state index < -0.39 is 5.82 Å². The van der Waals surface area contributed by atoms with Crippen LogP contribution in [0.3, 0.4) is 0 Å². The van der Waals surface area contributed by atoms with Gasteiger partial charge in [-0.2, -0.15) is 0 Å². The first kappa shape index (κ1) is 31.1. The van der Waals surface area contributed by atoms with Crippen molar-refractivity contribution in [3.8, 4) is 5.75 Å². The lowest BCUT2D eigenvalue weighted by molar-refractivity contribution is -0.115. The Kier molecular flexibility index (Phi) is 14.3. The average Bonchev–Trinajstić information content (AvgIpc) is 3.33. The number of unbranched alkanes of at least 4 members (excludes halogenated alkanes) is 11. The maximum absolute atomic E-state index is 14.5. The van der Waals surface area contributed by atoms with Crippen molar-refractivity contribution in [2.24, 2.45) is 0 Å². The maximum Gasteiger partial charge on any atom is 0.228 e. The van der Waals surface area contributed by atoms with Gasteiger partial charge in [-0.3, -0.25) is 4.79 Å². The molecule has 0 bridgehead atoms. The Hall–Kier alpha value is -2.47. The van der Waals surface area contributed by atoms with E-state index in [1.807, 2.05) is 36.0 Å². The number of anilines is 1. The van der Waals surface area contributed by atoms with Crippen LogP contribution in [0.25, 0.3) is 0 Å². The fourth-order valence-electron chi connectivity index (χ4n) is 4.89. The number of allylic oxidation sites excluding steroid dienone is 1. The highest BCUT2D eigenvalue weighted by molar-refractivity contribution is 8.03. The molecule has 0 aromatic heterocycles. The summed E-state index contributed by atoms with van der Waals surface area (Å²) in [7, 11) is 0. The Morgan fingerprint density at radius 1 is 0.923 bits per heavy atom. The minimum atomic E-state index is -0.409. The second kappa shape index (κ2) is 18.0. The molecule has 1 heterocycles. The lowest BCUT2D eigenvalue weighted by Crippen LogP contribution is -2.16. The third-order valence-corrected chi connectivity index (χ3v) is 8.11. The molecule has 0 aliphatic carbocycles. The molecule has 4 nitrogen and oxygen atoms in total. The number of benzene rings is 2. The SMILES string of the molecule is CCCCCCCCCCCCCCOc1c(F)cccc1CC(=O)Nc1ccc(CN2C=C(C)SC2)cc1. The van der Waals surface area contributed by atoms with Crippen molar-refractivity contribution in [1.29, 1.82) is 0 Å². The minimum absolute atomic E-state index is 0.0718. The number of rotatable bonds is 19. The van der Waals surface area contributed by atoms with E-state index in [4.69, 9.17) is 4.74 Å². The van der Waals surface area contributed by atoms with Gasteiger partial charge in [0, 0.05) is 24.0 Å². The number of hydrogen-bond acceptors (Lipinski definition) is 4. The minimum Gasteiger partial charge on any atom is -0.490 e. The maximum atomic E-state index is 14.5. The summed E-state index contributed by atoms with van der Waals surface area (Å²) in [5.74, 6) is 0.589. The summed E-state index contributed by atoms with van der Waals surface area (Å²) >= 11 is 1.85. The van der Waals surface area contributed by atoms with Crippen LogP contribution in [-0.2, 0) is 17.8 Å². The highest BCUT2D eigenvalue weighted by atomic mass is 32.2. The molecule has 1 N–H and O–H groups in total. The zero-order valence-electron chi connectivity index (χ0n) is 24.0. The van der Waals surface area contributed by atoms with Crippen molar-refractivity contribution in [3.05, 3.63) is 70.5 Å². The Morgan fingerprint density at radius 2 is 1.56 bits per heavy atom. The first-order chi connectivity index (χ1) is 19.0. The molecule has 0 saturated carbocycles. The van der Waals surface area contributed by atoms with Gasteiger partial charge in [-0.1, -0.05) is 102 Å². The fraction of sp³-hybridized carbons (Fsp3) is 0.545. The number of amides is 1. The van der Waals surface area contributed by atoms with E-state index in [2.05, 4.69) is 30.3 Å². The number of ether oxygens (including phenoxy) is 1. The second-order valence-corrected chi connectivity index (χ2v) is 11.8. The molecule has 0 atom stereocenters. The van der Waals surface area contributed by atoms with Crippen LogP contribution in [0.5, 0.6) is 5.75 Å². The molecule has 2 aromatic carbocycles. The van der Waals surface area contributed by atoms with Crippen molar-refractivity contribution in [1.82, 2.24) is 4.90 Å². The molecule has 0 radical (unpaired) electrons. The zero-order valence-corrected chi connectivity index (χ0v) is 24.8. The molecule has 1 aliphatic rings. The number of nitrogens with zero attached hydrogens (tertiary/aromatic N) is 1. The van der Waals surface area contributed by atoms with Gasteiger partial charge in [0.05, 0.1) is 18.9 Å². The summed E-state index contributed by atoms with van der Waals surface area (Å²) in [6.07, 6.45) is 17.5. The molecule has 0 unspecified atom stereocenters. The van der Waals surface area contributed by atoms with Gasteiger partial charge in [0.2, 0.25) is 5.91 Å². The lowest BCUT2D eigenvalue weighted by Gasteiger charge is -2.15. The normalized spacial score (nSPS) is 13.0. The van der Waals surface area contributed by atoms with E-state index in [1.54, 1.807) is 12.1 Å². The molecular weight excluding hydrogens is 507 g/mol. The van der Waals surface area contributed by atoms with E-state index in [0.29, 0.717) is 12.2 Å². The Labute approximate surface area is 239 Å². The van der Waals surface area contributed by atoms with Crippen LogP contribution < -0.4 is 10.1 Å². The molecule has 39 heavy (non-hydrogen) atoms. The van der Waals surface area contributed by atoms with E-state index in [-0.39, 0.29) is 18.1 Å². The number of carbonyl (C=O) groups is 1. The van der Waals surface area contributed by atoms with E-state index in [9.17, 15) is 9.18 Å². The summed E-state index contributed by atoms with van der Waals surface area (Å²) in [5.41, 5.74) is 2.51. The van der Waals surface area contributed by atoms with Crippen molar-refractivity contribution in [3.63, 3.8) is 0 Å². The van der Waals surface area contributed by atoms with Crippen LogP contribution in [0.15, 0.2) is 53.6 Å². The van der Waals surface area contributed by atoms with Crippen LogP contribution in [0.2, 0.25) is 0 Å². The largest absolute Gasteiger partial charge is 0.490 e. The molecule has 3 rings (SSSR count). The van der Waals surface area contributed by atoms with Crippen molar-refractivity contribution in [2.75, 3.05) is 17.8 Å². The predicted molar refractivity (Wildman–Crippen MR) is 164 cm³/mol. The quantitative estimate of drug-likeness (QED) is 0.176. The van der Waals surface area contributed by atoms with Crippen LogP contribution >= 0.6 is 11.8 Å². The van der Waals surface area contributed by atoms with Gasteiger partial charge in [0.1, 0.15) is 0 Å². The van der Waals surface area contributed by atoms with Gasteiger partial charge in [-0.15, -0.1) is 11.8 Å². The lowest BCUT2D eigenvalue weighted by atomic mass is 10.1. The van der Waals surface area contributed by atoms with Crippen molar-refractivity contribution < 1.29 is 13.9 Å². The monoisotopic (exact) mass is 554 g/mol. The first-order valence-corrected chi connectivity index (χ1v) is 15.9. The topological polar surface area (TPSA) is 41.6 Å². The standard InChI is InChI=1S/C33H47FN2O2S/c1-3-4-5-6-7-8-9-10-11-12-13-14-22-38-33-29(16-15-17-31(33)34)23-32(37)35-30-20-18-28(19-21-30)25-36-24-27(2)39-26-36/h15-21,24H,3-14,22-23,25-26H2,1-2H3,(H,35,37). The van der Waals surface area contributed by atoms with Crippen LogP contribution in [0.4, 0.5) is 10.1 Å². The van der Waals surface area contributed by atoms with Crippen LogP contribution in [0, 0.1) is 5.82 Å². The summed E-state index contributed by atoms with van der Waals surface area (Å²) in [4.78, 5) is 16.3. The number of hydrogen-bond donors (Lipinski definition) is 1. The smallest absolute Gasteiger partial charge is 0.228 e. The third kappa shape index (κ3) is 12.1. The Morgan fingerprint density at radius 3 is 2.18 bits per heavy atom. The highest BCUT2D eigenvalue weighted by Gasteiger charge is 2.14. The van der Waals surface area contributed by atoms with E-state index in [1.165, 1.54) is 80.7 Å².